The lowest BCUT2D eigenvalue weighted by molar-refractivity contribution is -0.0712. The molecule has 0 radical (unpaired) electrons. The van der Waals surface area contributed by atoms with Gasteiger partial charge in [-0.05, 0) is 87.7 Å². The molecule has 8 nitrogen and oxygen atoms in total. The number of ether oxygens (including phenoxy) is 4. The van der Waals surface area contributed by atoms with Crippen molar-refractivity contribution in [1.82, 2.24) is 14.5 Å². The van der Waals surface area contributed by atoms with Crippen molar-refractivity contribution in [3.05, 3.63) is 88.0 Å². The topological polar surface area (TPSA) is 75.0 Å². The van der Waals surface area contributed by atoms with Crippen LogP contribution in [-0.4, -0.2) is 53.3 Å². The van der Waals surface area contributed by atoms with E-state index in [9.17, 15) is 9.18 Å². The van der Waals surface area contributed by atoms with Crippen LogP contribution in [0.3, 0.4) is 0 Å². The van der Waals surface area contributed by atoms with Crippen LogP contribution in [0.5, 0.6) is 11.5 Å². The number of hydrogen-bond donors (Lipinski definition) is 0. The summed E-state index contributed by atoms with van der Waals surface area (Å²) in [5, 5.41) is 0.324. The van der Waals surface area contributed by atoms with E-state index in [4.69, 9.17) is 35.5 Å². The molecule has 0 N–H and O–H groups in total. The fourth-order valence-electron chi connectivity index (χ4n) is 6.73. The van der Waals surface area contributed by atoms with Gasteiger partial charge in [0.1, 0.15) is 11.6 Å². The van der Waals surface area contributed by atoms with Crippen molar-refractivity contribution >= 4 is 28.6 Å². The first kappa shape index (κ1) is 29.1. The van der Waals surface area contributed by atoms with Crippen LogP contribution in [0, 0.1) is 5.82 Å². The number of likely N-dealkylation sites (tertiary alicyclic amines) is 1. The van der Waals surface area contributed by atoms with Crippen LogP contribution in [0.25, 0.3) is 11.0 Å². The molecule has 0 spiro atoms. The number of piperidine rings is 1. The SMILES string of the molecule is COC(=O)c1ccc2nc(C(C)N3CCC(c4cccc5c4OC(C)(c4ccc(Cl)cc4F)O5)CC3)n(C[C@@H]3CCO3)c2c1. The fourth-order valence-corrected chi connectivity index (χ4v) is 6.89. The Hall–Kier alpha value is -3.66. The zero-order valence-corrected chi connectivity index (χ0v) is 25.8. The molecule has 3 aliphatic rings. The third-order valence-electron chi connectivity index (χ3n) is 9.30. The fraction of sp³-hybridized carbons (Fsp3) is 0.412. The number of carbonyl (C=O) groups excluding carboxylic acids is 1. The van der Waals surface area contributed by atoms with Gasteiger partial charge in [-0.1, -0.05) is 23.7 Å². The molecule has 44 heavy (non-hydrogen) atoms. The molecule has 1 aromatic heterocycles. The summed E-state index contributed by atoms with van der Waals surface area (Å²) in [4.78, 5) is 19.8. The molecule has 3 atom stereocenters. The Morgan fingerprint density at radius 1 is 1.14 bits per heavy atom. The minimum atomic E-state index is -1.28. The number of esters is 1. The highest BCUT2D eigenvalue weighted by Gasteiger charge is 2.43. The lowest BCUT2D eigenvalue weighted by Gasteiger charge is -2.37. The number of para-hydroxylation sites is 1. The first-order valence-electron chi connectivity index (χ1n) is 15.1. The standard InChI is InChI=1S/C34H35ClFN3O5/c1-20(32-37-28-10-7-22(33(40)41-3)17-29(28)39(32)19-24-13-16-42-24)38-14-11-21(12-15-38)25-5-4-6-30-31(25)44-34(2,43-30)26-9-8-23(35)18-27(26)36/h4-10,17-18,20-21,24H,11-16,19H2,1-3H3/t20?,24-,34?/m0/s1. The molecular formula is C34H35ClFN3O5. The summed E-state index contributed by atoms with van der Waals surface area (Å²) >= 11 is 5.99. The summed E-state index contributed by atoms with van der Waals surface area (Å²) in [6.45, 7) is 7.14. The van der Waals surface area contributed by atoms with Gasteiger partial charge < -0.3 is 23.5 Å². The van der Waals surface area contributed by atoms with Crippen molar-refractivity contribution in [2.45, 2.75) is 63.5 Å². The second kappa shape index (κ2) is 11.4. The van der Waals surface area contributed by atoms with Crippen molar-refractivity contribution < 1.29 is 28.1 Å². The van der Waals surface area contributed by atoms with Gasteiger partial charge in [-0.2, -0.15) is 0 Å². The van der Waals surface area contributed by atoms with Gasteiger partial charge in [0, 0.05) is 24.1 Å². The third kappa shape index (κ3) is 5.10. The molecule has 0 aliphatic carbocycles. The van der Waals surface area contributed by atoms with E-state index in [1.54, 1.807) is 25.1 Å². The van der Waals surface area contributed by atoms with E-state index in [0.29, 0.717) is 34.2 Å². The molecule has 0 bridgehead atoms. The van der Waals surface area contributed by atoms with Crippen molar-refractivity contribution in [3.63, 3.8) is 0 Å². The number of benzene rings is 3. The number of imidazole rings is 1. The largest absolute Gasteiger partial charge is 0.465 e. The van der Waals surface area contributed by atoms with E-state index in [0.717, 1.165) is 61.4 Å². The average Bonchev–Trinajstić information content (AvgIpc) is 3.55. The van der Waals surface area contributed by atoms with Gasteiger partial charge in [0.25, 0.3) is 5.79 Å². The van der Waals surface area contributed by atoms with E-state index in [1.807, 2.05) is 24.3 Å². The second-order valence-corrected chi connectivity index (χ2v) is 12.4. The number of aromatic nitrogens is 2. The smallest absolute Gasteiger partial charge is 0.337 e. The minimum absolute atomic E-state index is 0.0576. The highest BCUT2D eigenvalue weighted by atomic mass is 35.5. The first-order chi connectivity index (χ1) is 21.2. The van der Waals surface area contributed by atoms with Crippen LogP contribution < -0.4 is 9.47 Å². The van der Waals surface area contributed by atoms with Gasteiger partial charge >= 0.3 is 5.97 Å². The zero-order valence-electron chi connectivity index (χ0n) is 25.0. The van der Waals surface area contributed by atoms with Gasteiger partial charge in [-0.25, -0.2) is 14.2 Å². The maximum atomic E-state index is 14.9. The molecule has 2 unspecified atom stereocenters. The highest BCUT2D eigenvalue weighted by Crippen LogP contribution is 2.50. The van der Waals surface area contributed by atoms with E-state index in [-0.39, 0.29) is 24.0 Å². The van der Waals surface area contributed by atoms with Gasteiger partial charge in [0.15, 0.2) is 11.5 Å². The molecule has 2 saturated heterocycles. The third-order valence-corrected chi connectivity index (χ3v) is 9.54. The minimum Gasteiger partial charge on any atom is -0.465 e. The number of carbonyl (C=O) groups is 1. The summed E-state index contributed by atoms with van der Waals surface area (Å²) in [7, 11) is 1.39. The van der Waals surface area contributed by atoms with Gasteiger partial charge in [-0.15, -0.1) is 0 Å². The van der Waals surface area contributed by atoms with Gasteiger partial charge in [0.2, 0.25) is 0 Å². The van der Waals surface area contributed by atoms with E-state index >= 15 is 0 Å². The number of nitrogens with zero attached hydrogens (tertiary/aromatic N) is 3. The maximum absolute atomic E-state index is 14.9. The lowest BCUT2D eigenvalue weighted by atomic mass is 9.88. The summed E-state index contributed by atoms with van der Waals surface area (Å²) in [5.41, 5.74) is 3.66. The molecule has 7 rings (SSSR count). The Morgan fingerprint density at radius 2 is 1.93 bits per heavy atom. The van der Waals surface area contributed by atoms with Crippen LogP contribution in [-0.2, 0) is 21.8 Å². The zero-order chi connectivity index (χ0) is 30.6. The predicted octanol–water partition coefficient (Wildman–Crippen LogP) is 6.99. The monoisotopic (exact) mass is 619 g/mol. The molecule has 230 valence electrons. The molecule has 0 saturated carbocycles. The van der Waals surface area contributed by atoms with Gasteiger partial charge in [-0.3, -0.25) is 4.90 Å². The second-order valence-electron chi connectivity index (χ2n) is 12.0. The van der Waals surface area contributed by atoms with E-state index < -0.39 is 11.6 Å². The van der Waals surface area contributed by atoms with E-state index in [1.165, 1.54) is 13.2 Å². The Bertz CT molecular complexity index is 1730. The van der Waals surface area contributed by atoms with Crippen LogP contribution in [0.2, 0.25) is 5.02 Å². The first-order valence-corrected chi connectivity index (χ1v) is 15.5. The number of methoxy groups -OCH3 is 1. The predicted molar refractivity (Wildman–Crippen MR) is 164 cm³/mol. The number of rotatable bonds is 7. The van der Waals surface area contributed by atoms with Gasteiger partial charge in [0.05, 0.1) is 48.0 Å². The molecular weight excluding hydrogens is 585 g/mol. The number of halogens is 2. The number of fused-ring (bicyclic) bond motifs is 2. The summed E-state index contributed by atoms with van der Waals surface area (Å²) < 4.78 is 40.4. The highest BCUT2D eigenvalue weighted by molar-refractivity contribution is 6.30. The Balaban J connectivity index is 1.10. The Labute approximate surface area is 260 Å². The van der Waals surface area contributed by atoms with Crippen molar-refractivity contribution in [3.8, 4) is 11.5 Å². The van der Waals surface area contributed by atoms with E-state index in [2.05, 4.69) is 22.5 Å². The van der Waals surface area contributed by atoms with Crippen LogP contribution >= 0.6 is 11.6 Å². The average molecular weight is 620 g/mol. The Morgan fingerprint density at radius 3 is 2.64 bits per heavy atom. The van der Waals surface area contributed by atoms with Crippen LogP contribution in [0.1, 0.15) is 72.4 Å². The summed E-state index contributed by atoms with van der Waals surface area (Å²) in [6, 6.07) is 16.1. The molecule has 4 heterocycles. The van der Waals surface area contributed by atoms with Crippen LogP contribution in [0.15, 0.2) is 54.6 Å². The maximum Gasteiger partial charge on any atom is 0.337 e. The molecule has 4 aromatic rings. The number of hydrogen-bond acceptors (Lipinski definition) is 7. The van der Waals surface area contributed by atoms with Crippen molar-refractivity contribution in [1.29, 1.82) is 0 Å². The molecule has 10 heteroatoms. The summed E-state index contributed by atoms with van der Waals surface area (Å²) in [6.07, 6.45) is 3.00. The lowest BCUT2D eigenvalue weighted by Crippen LogP contribution is -2.37. The van der Waals surface area contributed by atoms with Crippen LogP contribution in [0.4, 0.5) is 4.39 Å². The molecule has 2 fully saturated rings. The quantitative estimate of drug-likeness (QED) is 0.206. The molecule has 0 amide bonds. The summed E-state index contributed by atoms with van der Waals surface area (Å²) in [5.74, 6) is 0.421. The molecule has 3 aromatic carbocycles. The molecule has 3 aliphatic heterocycles. The normalized spacial score (nSPS) is 22.6. The van der Waals surface area contributed by atoms with Crippen molar-refractivity contribution in [2.24, 2.45) is 0 Å². The Kier molecular flexibility index (Phi) is 7.51. The van der Waals surface area contributed by atoms with Crippen molar-refractivity contribution in [2.75, 3.05) is 26.8 Å².